The van der Waals surface area contributed by atoms with Crippen LogP contribution in [0.5, 0.6) is 5.75 Å². The number of hydrogen-bond acceptors (Lipinski definition) is 4. The van der Waals surface area contributed by atoms with Crippen LogP contribution >= 0.6 is 0 Å². The summed E-state index contributed by atoms with van der Waals surface area (Å²) in [5.74, 6) is 0.763. The Morgan fingerprint density at radius 3 is 2.54 bits per heavy atom. The Bertz CT molecular complexity index is 683. The number of rotatable bonds is 6. The monoisotopic (exact) mass is 326 g/mol. The zero-order valence-corrected chi connectivity index (χ0v) is 14.2. The predicted octanol–water partition coefficient (Wildman–Crippen LogP) is 3.99. The highest BCUT2D eigenvalue weighted by molar-refractivity contribution is 5.70. The molecule has 0 fully saturated rings. The summed E-state index contributed by atoms with van der Waals surface area (Å²) in [4.78, 5) is 22.9. The molecule has 1 aromatic carbocycles. The lowest BCUT2D eigenvalue weighted by Crippen LogP contribution is -2.36. The molecule has 0 aromatic heterocycles. The van der Waals surface area contributed by atoms with E-state index in [1.54, 1.807) is 30.4 Å². The highest BCUT2D eigenvalue weighted by Gasteiger charge is 2.34. The van der Waals surface area contributed by atoms with Gasteiger partial charge in [0.05, 0.1) is 5.41 Å². The lowest BCUT2D eigenvalue weighted by Gasteiger charge is -2.33. The molecule has 1 aliphatic rings. The molecular formula is C20H22O4. The number of carbonyl (C=O) groups is 2. The van der Waals surface area contributed by atoms with Crippen molar-refractivity contribution in [2.75, 3.05) is 0 Å². The molecule has 0 amide bonds. The maximum atomic E-state index is 11.8. The molecule has 0 heterocycles. The highest BCUT2D eigenvalue weighted by Crippen LogP contribution is 2.34. The lowest BCUT2D eigenvalue weighted by molar-refractivity contribution is -0.136. The Morgan fingerprint density at radius 2 is 1.92 bits per heavy atom. The number of allylic oxidation sites excluding steroid dienone is 5. The van der Waals surface area contributed by atoms with Crippen LogP contribution in [-0.4, -0.2) is 17.9 Å². The van der Waals surface area contributed by atoms with E-state index in [1.165, 1.54) is 6.92 Å². The maximum Gasteiger partial charge on any atom is 0.308 e. The van der Waals surface area contributed by atoms with Gasteiger partial charge in [-0.3, -0.25) is 4.79 Å². The number of ether oxygens (including phenoxy) is 2. The summed E-state index contributed by atoms with van der Waals surface area (Å²) < 4.78 is 11.1. The van der Waals surface area contributed by atoms with Gasteiger partial charge in [0.15, 0.2) is 0 Å². The number of hydrogen-bond donors (Lipinski definition) is 0. The number of para-hydroxylation sites is 1. The average Bonchev–Trinajstić information content (AvgIpc) is 2.70. The van der Waals surface area contributed by atoms with Gasteiger partial charge in [0, 0.05) is 13.3 Å². The van der Waals surface area contributed by atoms with E-state index < -0.39 is 17.0 Å². The Labute approximate surface area is 142 Å². The van der Waals surface area contributed by atoms with E-state index in [2.05, 4.69) is 0 Å². The fraction of sp³-hybridized carbons (Fsp3) is 0.300. The van der Waals surface area contributed by atoms with Crippen molar-refractivity contribution in [1.82, 2.24) is 0 Å². The first-order valence-corrected chi connectivity index (χ1v) is 7.82. The van der Waals surface area contributed by atoms with Gasteiger partial charge in [-0.25, -0.2) is 0 Å². The van der Waals surface area contributed by atoms with Crippen molar-refractivity contribution in [3.8, 4) is 5.75 Å². The second-order valence-electron chi connectivity index (χ2n) is 6.44. The van der Waals surface area contributed by atoms with Crippen molar-refractivity contribution >= 4 is 12.3 Å². The number of benzene rings is 1. The Hall–Kier alpha value is -2.62. The van der Waals surface area contributed by atoms with Crippen LogP contribution in [0.2, 0.25) is 0 Å². The van der Waals surface area contributed by atoms with Crippen LogP contribution in [0.4, 0.5) is 0 Å². The third-order valence-corrected chi connectivity index (χ3v) is 3.58. The topological polar surface area (TPSA) is 52.6 Å². The smallest absolute Gasteiger partial charge is 0.308 e. The van der Waals surface area contributed by atoms with Gasteiger partial charge in [-0.15, -0.1) is 0 Å². The SMILES string of the molecule is CC(=O)OC1=CC=CC(C=O)(CC(C)(C)Oc2ccccc2)C=C1. The van der Waals surface area contributed by atoms with E-state index in [-0.39, 0.29) is 0 Å². The molecule has 0 N–H and O–H groups in total. The maximum absolute atomic E-state index is 11.8. The van der Waals surface area contributed by atoms with Crippen molar-refractivity contribution in [3.63, 3.8) is 0 Å². The molecule has 24 heavy (non-hydrogen) atoms. The van der Waals surface area contributed by atoms with E-state index in [9.17, 15) is 9.59 Å². The minimum Gasteiger partial charge on any atom is -0.488 e. The van der Waals surface area contributed by atoms with Gasteiger partial charge in [0.25, 0.3) is 0 Å². The summed E-state index contributed by atoms with van der Waals surface area (Å²) in [6, 6.07) is 9.50. The van der Waals surface area contributed by atoms with Gasteiger partial charge < -0.3 is 14.3 Å². The Kier molecular flexibility index (Phi) is 5.39. The largest absolute Gasteiger partial charge is 0.488 e. The molecule has 2 rings (SSSR count). The van der Waals surface area contributed by atoms with Crippen LogP contribution in [0.3, 0.4) is 0 Å². The van der Waals surface area contributed by atoms with Crippen LogP contribution in [0.1, 0.15) is 27.2 Å². The Balaban J connectivity index is 2.16. The summed E-state index contributed by atoms with van der Waals surface area (Å²) >= 11 is 0. The second-order valence-corrected chi connectivity index (χ2v) is 6.44. The molecule has 0 aliphatic heterocycles. The molecule has 126 valence electrons. The first-order chi connectivity index (χ1) is 11.3. The molecule has 4 heteroatoms. The zero-order valence-electron chi connectivity index (χ0n) is 14.2. The lowest BCUT2D eigenvalue weighted by atomic mass is 9.79. The normalized spacial score (nSPS) is 20.0. The van der Waals surface area contributed by atoms with E-state index in [0.29, 0.717) is 12.2 Å². The van der Waals surface area contributed by atoms with Crippen LogP contribution in [-0.2, 0) is 14.3 Å². The fourth-order valence-corrected chi connectivity index (χ4v) is 2.72. The molecule has 0 radical (unpaired) electrons. The fourth-order valence-electron chi connectivity index (χ4n) is 2.72. The van der Waals surface area contributed by atoms with Crippen LogP contribution in [0, 0.1) is 5.41 Å². The highest BCUT2D eigenvalue weighted by atomic mass is 16.5. The minimum absolute atomic E-state index is 0.398. The number of carbonyl (C=O) groups excluding carboxylic acids is 2. The Morgan fingerprint density at radius 1 is 1.21 bits per heavy atom. The van der Waals surface area contributed by atoms with E-state index >= 15 is 0 Å². The molecule has 0 saturated carbocycles. The molecule has 0 saturated heterocycles. The number of aldehydes is 1. The molecule has 1 atom stereocenters. The van der Waals surface area contributed by atoms with Crippen molar-refractivity contribution in [2.45, 2.75) is 32.8 Å². The summed E-state index contributed by atoms with van der Waals surface area (Å²) in [6.45, 7) is 5.23. The van der Waals surface area contributed by atoms with Gasteiger partial charge in [0.2, 0.25) is 0 Å². The van der Waals surface area contributed by atoms with E-state index in [0.717, 1.165) is 12.0 Å². The molecule has 0 spiro atoms. The van der Waals surface area contributed by atoms with Gasteiger partial charge in [-0.2, -0.15) is 0 Å². The van der Waals surface area contributed by atoms with Crippen molar-refractivity contribution in [1.29, 1.82) is 0 Å². The van der Waals surface area contributed by atoms with Gasteiger partial charge in [-0.05, 0) is 38.1 Å². The third-order valence-electron chi connectivity index (χ3n) is 3.58. The number of esters is 1. The van der Waals surface area contributed by atoms with E-state index in [1.807, 2.05) is 44.2 Å². The second kappa shape index (κ2) is 7.30. The standard InChI is InChI=1S/C20H22O4/c1-16(22)23-17-10-7-12-20(15-21,13-11-17)14-19(2,3)24-18-8-5-4-6-9-18/h4-13,15H,14H2,1-3H3. The molecular weight excluding hydrogens is 304 g/mol. The van der Waals surface area contributed by atoms with Gasteiger partial charge >= 0.3 is 5.97 Å². The van der Waals surface area contributed by atoms with Gasteiger partial charge in [-0.1, -0.05) is 36.4 Å². The van der Waals surface area contributed by atoms with E-state index in [4.69, 9.17) is 9.47 Å². The quantitative estimate of drug-likeness (QED) is 0.586. The first-order valence-electron chi connectivity index (χ1n) is 7.82. The predicted molar refractivity (Wildman–Crippen MR) is 92.4 cm³/mol. The molecule has 1 aromatic rings. The minimum atomic E-state index is -0.823. The molecule has 1 aliphatic carbocycles. The van der Waals surface area contributed by atoms with Crippen molar-refractivity contribution in [3.05, 3.63) is 66.5 Å². The summed E-state index contributed by atoms with van der Waals surface area (Å²) in [5, 5.41) is 0. The summed E-state index contributed by atoms with van der Waals surface area (Å²) in [6.07, 6.45) is 9.92. The summed E-state index contributed by atoms with van der Waals surface area (Å²) in [5.41, 5.74) is -1.39. The molecule has 0 bridgehead atoms. The summed E-state index contributed by atoms with van der Waals surface area (Å²) in [7, 11) is 0. The zero-order chi connectivity index (χ0) is 17.6. The molecule has 4 nitrogen and oxygen atoms in total. The third kappa shape index (κ3) is 4.95. The molecule has 1 unspecified atom stereocenters. The van der Waals surface area contributed by atoms with Crippen LogP contribution in [0.15, 0.2) is 66.5 Å². The van der Waals surface area contributed by atoms with Gasteiger partial charge in [0.1, 0.15) is 23.4 Å². The van der Waals surface area contributed by atoms with Crippen molar-refractivity contribution < 1.29 is 19.1 Å². The van der Waals surface area contributed by atoms with Crippen molar-refractivity contribution in [2.24, 2.45) is 5.41 Å². The first kappa shape index (κ1) is 17.7. The van der Waals surface area contributed by atoms with Crippen LogP contribution in [0.25, 0.3) is 0 Å². The average molecular weight is 326 g/mol. The van der Waals surface area contributed by atoms with Crippen LogP contribution < -0.4 is 4.74 Å².